The zero-order chi connectivity index (χ0) is 24.2. The molecule has 0 aliphatic heterocycles. The zero-order valence-electron chi connectivity index (χ0n) is 18.2. The first-order valence-electron chi connectivity index (χ1n) is 10.2. The van der Waals surface area contributed by atoms with E-state index in [0.717, 1.165) is 4.88 Å². The Labute approximate surface area is 198 Å². The van der Waals surface area contributed by atoms with Crippen LogP contribution in [-0.2, 0) is 9.53 Å². The van der Waals surface area contributed by atoms with E-state index >= 15 is 0 Å². The average molecular weight is 479 g/mol. The van der Waals surface area contributed by atoms with E-state index in [1.54, 1.807) is 18.2 Å². The van der Waals surface area contributed by atoms with Crippen LogP contribution in [0, 0.1) is 5.82 Å². The monoisotopic (exact) mass is 478 g/mol. The fraction of sp³-hybridized carbons (Fsp3) is 0.125. The minimum absolute atomic E-state index is 0.139. The molecule has 1 atom stereocenters. The van der Waals surface area contributed by atoms with Crippen LogP contribution >= 0.6 is 11.3 Å². The minimum Gasteiger partial charge on any atom is -0.447 e. The van der Waals surface area contributed by atoms with Gasteiger partial charge in [0.05, 0.1) is 10.6 Å². The lowest BCUT2D eigenvalue weighted by Crippen LogP contribution is -2.30. The van der Waals surface area contributed by atoms with Crippen molar-refractivity contribution in [2.75, 3.05) is 5.32 Å². The summed E-state index contributed by atoms with van der Waals surface area (Å²) in [5.41, 5.74) is 1.35. The number of ether oxygens (including phenoxy) is 1. The predicted octanol–water partition coefficient (Wildman–Crippen LogP) is 4.52. The fourth-order valence-electron chi connectivity index (χ4n) is 3.05. The van der Waals surface area contributed by atoms with Gasteiger partial charge in [-0.05, 0) is 61.7 Å². The third-order valence-electron chi connectivity index (χ3n) is 4.79. The highest BCUT2D eigenvalue weighted by atomic mass is 32.1. The minimum atomic E-state index is -1.16. The molecule has 0 radical (unpaired) electrons. The highest BCUT2D eigenvalue weighted by molar-refractivity contribution is 7.13. The van der Waals surface area contributed by atoms with Crippen molar-refractivity contribution in [3.8, 4) is 16.4 Å². The highest BCUT2D eigenvalue weighted by Gasteiger charge is 2.25. The van der Waals surface area contributed by atoms with E-state index in [-0.39, 0.29) is 11.6 Å². The molecule has 0 fully saturated rings. The summed E-state index contributed by atoms with van der Waals surface area (Å²) in [7, 11) is 0. The molecule has 4 rings (SSSR count). The van der Waals surface area contributed by atoms with E-state index in [0.29, 0.717) is 22.8 Å². The summed E-state index contributed by atoms with van der Waals surface area (Å²) < 4.78 is 20.1. The van der Waals surface area contributed by atoms with Crippen LogP contribution in [0.5, 0.6) is 0 Å². The van der Waals surface area contributed by atoms with Crippen LogP contribution in [0.15, 0.2) is 66.0 Å². The Morgan fingerprint density at radius 1 is 1.09 bits per heavy atom. The van der Waals surface area contributed by atoms with Gasteiger partial charge in [-0.3, -0.25) is 9.59 Å². The number of nitrogens with one attached hydrogen (secondary N) is 1. The molecule has 2 aromatic heterocycles. The lowest BCUT2D eigenvalue weighted by atomic mass is 10.1. The van der Waals surface area contributed by atoms with Crippen molar-refractivity contribution in [2.24, 2.45) is 0 Å². The first-order valence-corrected chi connectivity index (χ1v) is 11.1. The second-order valence-electron chi connectivity index (χ2n) is 7.30. The average Bonchev–Trinajstić information content (AvgIpc) is 3.50. The van der Waals surface area contributed by atoms with Crippen molar-refractivity contribution in [3.05, 3.63) is 83.2 Å². The largest absolute Gasteiger partial charge is 0.447 e. The Hall–Kier alpha value is -4.18. The lowest BCUT2D eigenvalue weighted by Gasteiger charge is -2.12. The summed E-state index contributed by atoms with van der Waals surface area (Å²) in [6.07, 6.45) is -1.16. The number of hydrogen-bond acceptors (Lipinski definition) is 7. The van der Waals surface area contributed by atoms with Gasteiger partial charge in [-0.2, -0.15) is 4.98 Å². The molecule has 0 bridgehead atoms. The second-order valence-corrected chi connectivity index (χ2v) is 8.25. The maximum atomic E-state index is 13.4. The number of anilines is 1. The van der Waals surface area contributed by atoms with Crippen LogP contribution in [0.3, 0.4) is 0 Å². The van der Waals surface area contributed by atoms with Crippen LogP contribution in [0.1, 0.15) is 34.8 Å². The summed E-state index contributed by atoms with van der Waals surface area (Å²) in [5.74, 6) is -1.88. The summed E-state index contributed by atoms with van der Waals surface area (Å²) in [4.78, 5) is 41.8. The number of nitrogens with zero attached hydrogens (tertiary/aromatic N) is 3. The summed E-state index contributed by atoms with van der Waals surface area (Å²) in [5, 5.41) is 8.71. The van der Waals surface area contributed by atoms with E-state index in [4.69, 9.17) is 4.74 Å². The Bertz CT molecular complexity index is 1350. The van der Waals surface area contributed by atoms with Crippen LogP contribution in [0.4, 0.5) is 10.1 Å². The fourth-order valence-corrected chi connectivity index (χ4v) is 3.75. The molecular formula is C24H19FN4O4S. The van der Waals surface area contributed by atoms with E-state index in [1.807, 2.05) is 17.5 Å². The number of benzene rings is 2. The van der Waals surface area contributed by atoms with E-state index < -0.39 is 23.8 Å². The van der Waals surface area contributed by atoms with Gasteiger partial charge in [0.2, 0.25) is 0 Å². The smallest absolute Gasteiger partial charge is 0.379 e. The first-order chi connectivity index (χ1) is 16.3. The number of thiophene rings is 1. The molecule has 0 aliphatic rings. The number of hydrogen-bond donors (Lipinski definition) is 1. The van der Waals surface area contributed by atoms with E-state index in [2.05, 4.69) is 15.4 Å². The molecule has 1 amide bonds. The molecule has 0 saturated carbocycles. The number of amides is 1. The maximum Gasteiger partial charge on any atom is 0.379 e. The Kier molecular flexibility index (Phi) is 6.60. The zero-order valence-corrected chi connectivity index (χ0v) is 19.0. The van der Waals surface area contributed by atoms with Gasteiger partial charge in [0, 0.05) is 11.3 Å². The molecule has 2 heterocycles. The Morgan fingerprint density at radius 2 is 1.85 bits per heavy atom. The van der Waals surface area contributed by atoms with Gasteiger partial charge in [0.15, 0.2) is 17.7 Å². The molecule has 1 N–H and O–H groups in total. The standard InChI is InChI=1S/C24H19FN4O4S/c1-14(30)16-5-3-6-18(13-16)26-23(31)15(2)33-24(32)21-27-22(20-7-4-12-34-20)29(28-21)19-10-8-17(25)9-11-19/h3-13,15H,1-2H3,(H,26,31). The summed E-state index contributed by atoms with van der Waals surface area (Å²) in [6, 6.07) is 15.7. The van der Waals surface area contributed by atoms with Crippen molar-refractivity contribution in [3.63, 3.8) is 0 Å². The third-order valence-corrected chi connectivity index (χ3v) is 5.66. The van der Waals surface area contributed by atoms with Gasteiger partial charge in [-0.25, -0.2) is 13.9 Å². The predicted molar refractivity (Wildman–Crippen MR) is 125 cm³/mol. The molecule has 172 valence electrons. The maximum absolute atomic E-state index is 13.4. The second kappa shape index (κ2) is 9.75. The van der Waals surface area contributed by atoms with Gasteiger partial charge in [-0.1, -0.05) is 18.2 Å². The Morgan fingerprint density at radius 3 is 2.53 bits per heavy atom. The number of carbonyl (C=O) groups is 3. The highest BCUT2D eigenvalue weighted by Crippen LogP contribution is 2.26. The normalized spacial score (nSPS) is 11.6. The van der Waals surface area contributed by atoms with Gasteiger partial charge >= 0.3 is 5.97 Å². The number of halogens is 1. The third kappa shape index (κ3) is 5.07. The van der Waals surface area contributed by atoms with Crippen molar-refractivity contribution < 1.29 is 23.5 Å². The molecule has 8 nitrogen and oxygen atoms in total. The van der Waals surface area contributed by atoms with Crippen molar-refractivity contribution in [1.82, 2.24) is 14.8 Å². The molecule has 4 aromatic rings. The van der Waals surface area contributed by atoms with Crippen LogP contribution < -0.4 is 5.32 Å². The van der Waals surface area contributed by atoms with Gasteiger partial charge in [-0.15, -0.1) is 16.4 Å². The molecule has 0 aliphatic carbocycles. The van der Waals surface area contributed by atoms with Crippen LogP contribution in [0.25, 0.3) is 16.4 Å². The van der Waals surface area contributed by atoms with Crippen molar-refractivity contribution in [1.29, 1.82) is 0 Å². The quantitative estimate of drug-likeness (QED) is 0.309. The van der Waals surface area contributed by atoms with Crippen LogP contribution in [0.2, 0.25) is 0 Å². The number of ketones is 1. The SMILES string of the molecule is CC(=O)c1cccc(NC(=O)C(C)OC(=O)c2nc(-c3cccs3)n(-c3ccc(F)cc3)n2)c1. The molecular weight excluding hydrogens is 459 g/mol. The molecule has 2 aromatic carbocycles. The van der Waals surface area contributed by atoms with E-state index in [1.165, 1.54) is 60.2 Å². The molecule has 10 heteroatoms. The number of carbonyl (C=O) groups excluding carboxylic acids is 3. The van der Waals surface area contributed by atoms with Gasteiger partial charge in [0.25, 0.3) is 11.7 Å². The van der Waals surface area contributed by atoms with E-state index in [9.17, 15) is 18.8 Å². The lowest BCUT2D eigenvalue weighted by molar-refractivity contribution is -0.123. The van der Waals surface area contributed by atoms with Crippen molar-refractivity contribution >= 4 is 34.7 Å². The summed E-state index contributed by atoms with van der Waals surface area (Å²) in [6.45, 7) is 2.84. The van der Waals surface area contributed by atoms with Crippen LogP contribution in [-0.4, -0.2) is 38.5 Å². The first kappa shape index (κ1) is 23.0. The number of rotatable bonds is 7. The molecule has 1 unspecified atom stereocenters. The van der Waals surface area contributed by atoms with Crippen molar-refractivity contribution in [2.45, 2.75) is 20.0 Å². The molecule has 0 saturated heterocycles. The van der Waals surface area contributed by atoms with Gasteiger partial charge in [0.1, 0.15) is 5.82 Å². The van der Waals surface area contributed by atoms with Gasteiger partial charge < -0.3 is 10.1 Å². The molecule has 34 heavy (non-hydrogen) atoms. The summed E-state index contributed by atoms with van der Waals surface area (Å²) >= 11 is 1.40. The number of esters is 1. The number of Topliss-reactive ketones (excluding diaryl/α,β-unsaturated/α-hetero) is 1. The topological polar surface area (TPSA) is 103 Å². The number of aromatic nitrogens is 3. The molecule has 0 spiro atoms. The Balaban J connectivity index is 1.53.